The van der Waals surface area contributed by atoms with Crippen LogP contribution in [-0.4, -0.2) is 26.6 Å². The number of hydrogen-bond acceptors (Lipinski definition) is 4. The lowest BCUT2D eigenvalue weighted by atomic mass is 10.2. The molecular formula is C18H14F3N5O2. The Labute approximate surface area is 157 Å². The standard InChI is InChI=1S/C18H14F3N5O2/c1-26-10-14(15(25-26)18(19,20)21)17(28)24-13-4-2-3-12(9-13)23-16(27)11-5-7-22-8-6-11/h2-10H,1H3,(H,23,27)(H,24,28). The fourth-order valence-electron chi connectivity index (χ4n) is 2.44. The van der Waals surface area contributed by atoms with Gasteiger partial charge in [0, 0.05) is 42.6 Å². The predicted molar refractivity (Wildman–Crippen MR) is 94.8 cm³/mol. The number of aryl methyl sites for hydroxylation is 1. The first kappa shape index (κ1) is 19.1. The molecule has 2 heterocycles. The third kappa shape index (κ3) is 4.34. The lowest BCUT2D eigenvalue weighted by Gasteiger charge is -2.10. The van der Waals surface area contributed by atoms with Gasteiger partial charge in [-0.1, -0.05) is 6.07 Å². The highest BCUT2D eigenvalue weighted by Gasteiger charge is 2.39. The summed E-state index contributed by atoms with van der Waals surface area (Å²) in [7, 11) is 1.29. The fourth-order valence-corrected chi connectivity index (χ4v) is 2.44. The van der Waals surface area contributed by atoms with Gasteiger partial charge in [-0.2, -0.15) is 18.3 Å². The molecule has 0 atom stereocenters. The molecule has 2 aromatic heterocycles. The Bertz CT molecular complexity index is 1020. The first-order valence-corrected chi connectivity index (χ1v) is 7.97. The number of carbonyl (C=O) groups excluding carboxylic acids is 2. The molecule has 0 aliphatic rings. The third-order valence-corrected chi connectivity index (χ3v) is 3.66. The van der Waals surface area contributed by atoms with Crippen LogP contribution in [-0.2, 0) is 13.2 Å². The lowest BCUT2D eigenvalue weighted by molar-refractivity contribution is -0.141. The predicted octanol–water partition coefficient (Wildman–Crippen LogP) is 3.34. The molecule has 28 heavy (non-hydrogen) atoms. The largest absolute Gasteiger partial charge is 0.435 e. The van der Waals surface area contributed by atoms with Gasteiger partial charge >= 0.3 is 6.18 Å². The number of alkyl halides is 3. The zero-order chi connectivity index (χ0) is 20.3. The maximum atomic E-state index is 13.0. The molecule has 0 spiro atoms. The van der Waals surface area contributed by atoms with Crippen LogP contribution in [0.5, 0.6) is 0 Å². The monoisotopic (exact) mass is 389 g/mol. The Morgan fingerprint density at radius 1 is 1.00 bits per heavy atom. The Morgan fingerprint density at radius 2 is 1.61 bits per heavy atom. The van der Waals surface area contributed by atoms with Gasteiger partial charge in [0.15, 0.2) is 5.69 Å². The summed E-state index contributed by atoms with van der Waals surface area (Å²) in [5.41, 5.74) is -0.901. The number of halogens is 3. The van der Waals surface area contributed by atoms with Gasteiger partial charge in [0.1, 0.15) is 0 Å². The molecule has 10 heteroatoms. The first-order chi connectivity index (χ1) is 13.2. The van der Waals surface area contributed by atoms with E-state index in [1.807, 2.05) is 0 Å². The van der Waals surface area contributed by atoms with Gasteiger partial charge in [0.05, 0.1) is 5.56 Å². The molecule has 1 aromatic carbocycles. The quantitative estimate of drug-likeness (QED) is 0.716. The number of anilines is 2. The Morgan fingerprint density at radius 3 is 2.21 bits per heavy atom. The summed E-state index contributed by atoms with van der Waals surface area (Å²) in [6, 6.07) is 9.11. The number of benzene rings is 1. The summed E-state index contributed by atoms with van der Waals surface area (Å²) in [5.74, 6) is -1.35. The van der Waals surface area contributed by atoms with Crippen molar-refractivity contribution in [2.45, 2.75) is 6.18 Å². The molecule has 7 nitrogen and oxygen atoms in total. The van der Waals surface area contributed by atoms with Crippen molar-refractivity contribution in [2.75, 3.05) is 10.6 Å². The number of carbonyl (C=O) groups is 2. The number of amides is 2. The summed E-state index contributed by atoms with van der Waals surface area (Å²) in [4.78, 5) is 28.3. The van der Waals surface area contributed by atoms with E-state index in [0.717, 1.165) is 10.9 Å². The van der Waals surface area contributed by atoms with E-state index in [1.54, 1.807) is 12.1 Å². The molecule has 0 aliphatic carbocycles. The molecule has 3 aromatic rings. The van der Waals surface area contributed by atoms with Crippen molar-refractivity contribution >= 4 is 23.2 Å². The van der Waals surface area contributed by atoms with Crippen LogP contribution in [0.2, 0.25) is 0 Å². The molecule has 0 bridgehead atoms. The maximum absolute atomic E-state index is 13.0. The van der Waals surface area contributed by atoms with Crippen molar-refractivity contribution in [1.29, 1.82) is 0 Å². The van der Waals surface area contributed by atoms with E-state index in [9.17, 15) is 22.8 Å². The summed E-state index contributed by atoms with van der Waals surface area (Å²) in [6.07, 6.45) is -0.823. The zero-order valence-corrected chi connectivity index (χ0v) is 14.5. The molecule has 2 amide bonds. The molecule has 144 valence electrons. The SMILES string of the molecule is Cn1cc(C(=O)Nc2cccc(NC(=O)c3ccncc3)c2)c(C(F)(F)F)n1. The molecule has 0 aliphatic heterocycles. The summed E-state index contributed by atoms with van der Waals surface area (Å²) in [5, 5.41) is 8.32. The van der Waals surface area contributed by atoms with Gasteiger partial charge in [0.25, 0.3) is 11.8 Å². The van der Waals surface area contributed by atoms with Crippen LogP contribution in [0, 0.1) is 0 Å². The van der Waals surface area contributed by atoms with Crippen LogP contribution in [0.1, 0.15) is 26.4 Å². The minimum absolute atomic E-state index is 0.217. The Balaban J connectivity index is 1.77. The van der Waals surface area contributed by atoms with Crippen molar-refractivity contribution < 1.29 is 22.8 Å². The number of nitrogens with one attached hydrogen (secondary N) is 2. The van der Waals surface area contributed by atoms with E-state index in [4.69, 9.17) is 0 Å². The van der Waals surface area contributed by atoms with Gasteiger partial charge in [-0.3, -0.25) is 19.3 Å². The van der Waals surface area contributed by atoms with E-state index in [0.29, 0.717) is 11.3 Å². The van der Waals surface area contributed by atoms with Crippen molar-refractivity contribution in [3.05, 3.63) is 71.8 Å². The zero-order valence-electron chi connectivity index (χ0n) is 14.5. The Hall–Kier alpha value is -3.69. The molecular weight excluding hydrogens is 375 g/mol. The van der Waals surface area contributed by atoms with Crippen molar-refractivity contribution in [2.24, 2.45) is 7.05 Å². The number of aromatic nitrogens is 3. The highest BCUT2D eigenvalue weighted by atomic mass is 19.4. The van der Waals surface area contributed by atoms with Crippen LogP contribution >= 0.6 is 0 Å². The first-order valence-electron chi connectivity index (χ1n) is 7.97. The van der Waals surface area contributed by atoms with E-state index < -0.39 is 29.2 Å². The second-order valence-corrected chi connectivity index (χ2v) is 5.79. The van der Waals surface area contributed by atoms with E-state index in [1.165, 1.54) is 43.7 Å². The summed E-state index contributed by atoms with van der Waals surface area (Å²) >= 11 is 0. The minimum Gasteiger partial charge on any atom is -0.322 e. The second kappa shape index (κ2) is 7.51. The topological polar surface area (TPSA) is 88.9 Å². The normalized spacial score (nSPS) is 11.1. The highest BCUT2D eigenvalue weighted by Crippen LogP contribution is 2.31. The van der Waals surface area contributed by atoms with Crippen LogP contribution in [0.25, 0.3) is 0 Å². The van der Waals surface area contributed by atoms with E-state index in [-0.39, 0.29) is 5.69 Å². The minimum atomic E-state index is -4.76. The number of hydrogen-bond donors (Lipinski definition) is 2. The smallest absolute Gasteiger partial charge is 0.322 e. The summed E-state index contributed by atoms with van der Waals surface area (Å²) in [6.45, 7) is 0. The molecule has 3 rings (SSSR count). The van der Waals surface area contributed by atoms with Gasteiger partial charge in [-0.25, -0.2) is 0 Å². The van der Waals surface area contributed by atoms with Gasteiger partial charge in [-0.15, -0.1) is 0 Å². The van der Waals surface area contributed by atoms with Crippen LogP contribution < -0.4 is 10.6 Å². The van der Waals surface area contributed by atoms with Crippen LogP contribution in [0.4, 0.5) is 24.5 Å². The third-order valence-electron chi connectivity index (χ3n) is 3.66. The maximum Gasteiger partial charge on any atom is 0.435 e. The molecule has 0 fully saturated rings. The summed E-state index contributed by atoms with van der Waals surface area (Å²) < 4.78 is 40.0. The number of pyridine rings is 1. The molecule has 0 radical (unpaired) electrons. The number of nitrogens with zero attached hydrogens (tertiary/aromatic N) is 3. The van der Waals surface area contributed by atoms with Crippen LogP contribution in [0.3, 0.4) is 0 Å². The van der Waals surface area contributed by atoms with E-state index >= 15 is 0 Å². The highest BCUT2D eigenvalue weighted by molar-refractivity contribution is 6.06. The molecule has 0 saturated heterocycles. The van der Waals surface area contributed by atoms with Crippen molar-refractivity contribution in [3.8, 4) is 0 Å². The average molecular weight is 389 g/mol. The van der Waals surface area contributed by atoms with Crippen molar-refractivity contribution in [1.82, 2.24) is 14.8 Å². The second-order valence-electron chi connectivity index (χ2n) is 5.79. The average Bonchev–Trinajstić information content (AvgIpc) is 3.05. The number of rotatable bonds is 4. The molecule has 0 unspecified atom stereocenters. The van der Waals surface area contributed by atoms with Gasteiger partial charge < -0.3 is 10.6 Å². The van der Waals surface area contributed by atoms with Gasteiger partial charge in [0.2, 0.25) is 0 Å². The molecule has 2 N–H and O–H groups in total. The Kier molecular flexibility index (Phi) is 5.12. The van der Waals surface area contributed by atoms with Crippen molar-refractivity contribution in [3.63, 3.8) is 0 Å². The van der Waals surface area contributed by atoms with Gasteiger partial charge in [-0.05, 0) is 30.3 Å². The van der Waals surface area contributed by atoms with E-state index in [2.05, 4.69) is 20.7 Å². The fraction of sp³-hybridized carbons (Fsp3) is 0.111. The van der Waals surface area contributed by atoms with Crippen LogP contribution in [0.15, 0.2) is 55.0 Å². The molecule has 0 saturated carbocycles. The lowest BCUT2D eigenvalue weighted by Crippen LogP contribution is -2.18.